The third-order valence-corrected chi connectivity index (χ3v) is 3.32. The Morgan fingerprint density at radius 2 is 2.20 bits per heavy atom. The molecule has 0 aromatic heterocycles. The van der Waals surface area contributed by atoms with Crippen molar-refractivity contribution in [2.24, 2.45) is 5.73 Å². The van der Waals surface area contributed by atoms with Gasteiger partial charge in [-0.3, -0.25) is 4.79 Å². The number of hydrogen-bond donors (Lipinski definition) is 2. The number of benzene rings is 1. The molecule has 0 bridgehead atoms. The van der Waals surface area contributed by atoms with Gasteiger partial charge in [-0.1, -0.05) is 13.0 Å². The Morgan fingerprint density at radius 3 is 2.80 bits per heavy atom. The fourth-order valence-corrected chi connectivity index (χ4v) is 1.79. The van der Waals surface area contributed by atoms with Crippen molar-refractivity contribution < 1.29 is 13.9 Å². The normalized spacial score (nSPS) is 13.8. The van der Waals surface area contributed by atoms with Crippen LogP contribution in [0.4, 0.5) is 4.39 Å². The number of amides is 1. The summed E-state index contributed by atoms with van der Waals surface area (Å²) in [7, 11) is 0. The van der Waals surface area contributed by atoms with Crippen molar-refractivity contribution in [3.8, 4) is 5.75 Å². The standard InChI is InChI=1S/C15H23FN2O2/c1-4-8-18-15(3,14(17)19)7-9-20-13-10-12(16)6-5-11(13)2/h5-6,10,18H,4,7-9H2,1-3H3,(H2,17,19). The van der Waals surface area contributed by atoms with E-state index >= 15 is 0 Å². The van der Waals surface area contributed by atoms with Gasteiger partial charge >= 0.3 is 0 Å². The van der Waals surface area contributed by atoms with Crippen LogP contribution in [0.1, 0.15) is 32.3 Å². The van der Waals surface area contributed by atoms with Crippen molar-refractivity contribution >= 4 is 5.91 Å². The topological polar surface area (TPSA) is 64.3 Å². The molecule has 1 aromatic rings. The van der Waals surface area contributed by atoms with Crippen LogP contribution in [0.15, 0.2) is 18.2 Å². The number of carbonyl (C=O) groups is 1. The van der Waals surface area contributed by atoms with Gasteiger partial charge in [-0.25, -0.2) is 4.39 Å². The monoisotopic (exact) mass is 282 g/mol. The zero-order chi connectivity index (χ0) is 15.2. The third-order valence-electron chi connectivity index (χ3n) is 3.32. The molecule has 1 unspecified atom stereocenters. The van der Waals surface area contributed by atoms with Crippen molar-refractivity contribution in [1.29, 1.82) is 0 Å². The molecule has 0 aliphatic carbocycles. The summed E-state index contributed by atoms with van der Waals surface area (Å²) in [5.74, 6) is -0.259. The second-order valence-electron chi connectivity index (χ2n) is 5.13. The fraction of sp³-hybridized carbons (Fsp3) is 0.533. The van der Waals surface area contributed by atoms with Crippen LogP contribution in [0.2, 0.25) is 0 Å². The lowest BCUT2D eigenvalue weighted by Gasteiger charge is -2.27. The lowest BCUT2D eigenvalue weighted by Crippen LogP contribution is -2.54. The Bertz CT molecular complexity index is 465. The van der Waals surface area contributed by atoms with Gasteiger partial charge in [0.15, 0.2) is 0 Å². The third kappa shape index (κ3) is 4.49. The Labute approximate surface area is 119 Å². The first-order chi connectivity index (χ1) is 9.39. The van der Waals surface area contributed by atoms with Gasteiger partial charge in [0.05, 0.1) is 12.1 Å². The van der Waals surface area contributed by atoms with Crippen molar-refractivity contribution in [3.05, 3.63) is 29.6 Å². The summed E-state index contributed by atoms with van der Waals surface area (Å²) in [6, 6.07) is 4.39. The number of carbonyl (C=O) groups excluding carboxylic acids is 1. The van der Waals surface area contributed by atoms with E-state index in [4.69, 9.17) is 10.5 Å². The molecular formula is C15H23FN2O2. The number of primary amides is 1. The molecule has 20 heavy (non-hydrogen) atoms. The van der Waals surface area contributed by atoms with E-state index < -0.39 is 11.4 Å². The van der Waals surface area contributed by atoms with E-state index in [1.165, 1.54) is 12.1 Å². The van der Waals surface area contributed by atoms with Gasteiger partial charge in [0.1, 0.15) is 11.6 Å². The molecule has 4 nitrogen and oxygen atoms in total. The Balaban J connectivity index is 2.60. The van der Waals surface area contributed by atoms with Gasteiger partial charge < -0.3 is 15.8 Å². The Morgan fingerprint density at radius 1 is 1.50 bits per heavy atom. The van der Waals surface area contributed by atoms with Crippen LogP contribution >= 0.6 is 0 Å². The van der Waals surface area contributed by atoms with Gasteiger partial charge in [0, 0.05) is 12.5 Å². The van der Waals surface area contributed by atoms with Gasteiger partial charge in [-0.15, -0.1) is 0 Å². The summed E-state index contributed by atoms with van der Waals surface area (Å²) in [5, 5.41) is 3.13. The second kappa shape index (κ2) is 7.24. The minimum atomic E-state index is -0.808. The van der Waals surface area contributed by atoms with Crippen molar-refractivity contribution in [2.75, 3.05) is 13.2 Å². The number of nitrogens with two attached hydrogens (primary N) is 1. The maximum Gasteiger partial charge on any atom is 0.237 e. The minimum Gasteiger partial charge on any atom is -0.493 e. The predicted octanol–water partition coefficient (Wildman–Crippen LogP) is 2.15. The van der Waals surface area contributed by atoms with Gasteiger partial charge in [0.25, 0.3) is 0 Å². The van der Waals surface area contributed by atoms with Crippen LogP contribution in [-0.4, -0.2) is 24.6 Å². The van der Waals surface area contributed by atoms with Gasteiger partial charge in [-0.2, -0.15) is 0 Å². The van der Waals surface area contributed by atoms with Crippen LogP contribution in [0.25, 0.3) is 0 Å². The molecule has 112 valence electrons. The average molecular weight is 282 g/mol. The van der Waals surface area contributed by atoms with Gasteiger partial charge in [-0.05, 0) is 38.4 Å². The van der Waals surface area contributed by atoms with E-state index in [2.05, 4.69) is 5.32 Å². The fourth-order valence-electron chi connectivity index (χ4n) is 1.79. The van der Waals surface area contributed by atoms with Crippen LogP contribution in [0.5, 0.6) is 5.75 Å². The maximum absolute atomic E-state index is 13.1. The molecule has 3 N–H and O–H groups in total. The van der Waals surface area contributed by atoms with E-state index in [9.17, 15) is 9.18 Å². The molecule has 0 fully saturated rings. The molecule has 1 aromatic carbocycles. The number of halogens is 1. The number of hydrogen-bond acceptors (Lipinski definition) is 3. The molecule has 0 spiro atoms. The molecule has 1 amide bonds. The van der Waals surface area contributed by atoms with Crippen molar-refractivity contribution in [1.82, 2.24) is 5.32 Å². The Hall–Kier alpha value is -1.62. The molecule has 0 aliphatic rings. The molecule has 0 saturated heterocycles. The first-order valence-electron chi connectivity index (χ1n) is 6.83. The molecule has 0 radical (unpaired) electrons. The smallest absolute Gasteiger partial charge is 0.237 e. The zero-order valence-corrected chi connectivity index (χ0v) is 12.3. The van der Waals surface area contributed by atoms with Crippen molar-refractivity contribution in [3.63, 3.8) is 0 Å². The number of rotatable bonds is 8. The molecule has 1 rings (SSSR count). The maximum atomic E-state index is 13.1. The van der Waals surface area contributed by atoms with E-state index in [0.29, 0.717) is 25.3 Å². The molecule has 0 heterocycles. The highest BCUT2D eigenvalue weighted by atomic mass is 19.1. The summed E-state index contributed by atoms with van der Waals surface area (Å²) >= 11 is 0. The van der Waals surface area contributed by atoms with Crippen LogP contribution in [0, 0.1) is 12.7 Å². The number of nitrogens with one attached hydrogen (secondary N) is 1. The summed E-state index contributed by atoms with van der Waals surface area (Å²) in [5.41, 5.74) is 5.48. The summed E-state index contributed by atoms with van der Waals surface area (Å²) in [6.45, 7) is 6.62. The SMILES string of the molecule is CCCNC(C)(CCOc1cc(F)ccc1C)C(N)=O. The zero-order valence-electron chi connectivity index (χ0n) is 12.3. The van der Waals surface area contributed by atoms with E-state index in [1.807, 2.05) is 13.8 Å². The summed E-state index contributed by atoms with van der Waals surface area (Å²) in [6.07, 6.45) is 1.34. The lowest BCUT2D eigenvalue weighted by molar-refractivity contribution is -0.124. The predicted molar refractivity (Wildman–Crippen MR) is 77.1 cm³/mol. The molecule has 5 heteroatoms. The highest BCUT2D eigenvalue weighted by Crippen LogP contribution is 2.20. The van der Waals surface area contributed by atoms with E-state index in [0.717, 1.165) is 12.0 Å². The molecule has 0 saturated carbocycles. The van der Waals surface area contributed by atoms with Crippen LogP contribution < -0.4 is 15.8 Å². The largest absolute Gasteiger partial charge is 0.493 e. The van der Waals surface area contributed by atoms with Crippen LogP contribution in [0.3, 0.4) is 0 Å². The van der Waals surface area contributed by atoms with E-state index in [-0.39, 0.29) is 5.82 Å². The lowest BCUT2D eigenvalue weighted by atomic mass is 9.97. The average Bonchev–Trinajstić information content (AvgIpc) is 2.40. The number of ether oxygens (including phenoxy) is 1. The number of aryl methyl sites for hydroxylation is 1. The highest BCUT2D eigenvalue weighted by molar-refractivity contribution is 5.84. The summed E-state index contributed by atoms with van der Waals surface area (Å²) in [4.78, 5) is 11.5. The first-order valence-corrected chi connectivity index (χ1v) is 6.83. The van der Waals surface area contributed by atoms with Crippen LogP contribution in [-0.2, 0) is 4.79 Å². The molecular weight excluding hydrogens is 259 g/mol. The first kappa shape index (κ1) is 16.4. The molecule has 1 atom stereocenters. The quantitative estimate of drug-likeness (QED) is 0.768. The summed E-state index contributed by atoms with van der Waals surface area (Å²) < 4.78 is 18.7. The second-order valence-corrected chi connectivity index (χ2v) is 5.13. The Kier molecular flexibility index (Phi) is 5.95. The van der Waals surface area contributed by atoms with E-state index in [1.54, 1.807) is 13.0 Å². The molecule has 0 aliphatic heterocycles. The van der Waals surface area contributed by atoms with Gasteiger partial charge in [0.2, 0.25) is 5.91 Å². The minimum absolute atomic E-state index is 0.292. The highest BCUT2D eigenvalue weighted by Gasteiger charge is 2.29. The van der Waals surface area contributed by atoms with Crippen molar-refractivity contribution in [2.45, 2.75) is 39.2 Å².